The Morgan fingerprint density at radius 2 is 2.42 bits per heavy atom. The third-order valence-electron chi connectivity index (χ3n) is 1.52. The molecule has 0 saturated carbocycles. The lowest BCUT2D eigenvalue weighted by molar-refractivity contribution is 0.112. The summed E-state index contributed by atoms with van der Waals surface area (Å²) in [4.78, 5) is 12.4. The number of hydrogen-bond donors (Lipinski definition) is 1. The Morgan fingerprint density at radius 3 is 3.00 bits per heavy atom. The second kappa shape index (κ2) is 5.06. The molecule has 0 aliphatic heterocycles. The predicted octanol–water partition coefficient (Wildman–Crippen LogP) is 2.06. The molecular weight excluding hydrogens is 170 g/mol. The summed E-state index contributed by atoms with van der Waals surface area (Å²) in [5, 5.41) is 3.28. The molecule has 0 aliphatic carbocycles. The summed E-state index contributed by atoms with van der Waals surface area (Å²) in [6.07, 6.45) is 2.04. The van der Waals surface area contributed by atoms with Crippen molar-refractivity contribution in [1.29, 1.82) is 0 Å². The molecule has 66 valence electrons. The van der Waals surface area contributed by atoms with E-state index in [4.69, 9.17) is 0 Å². The topological polar surface area (TPSA) is 29.1 Å². The molecule has 1 rings (SSSR count). The molecule has 1 aromatic heterocycles. The van der Waals surface area contributed by atoms with Gasteiger partial charge in [0.2, 0.25) is 0 Å². The molecule has 0 unspecified atom stereocenters. The molecular formula is C9H13NOS. The summed E-state index contributed by atoms with van der Waals surface area (Å²) < 4.78 is 0. The first-order valence-electron chi connectivity index (χ1n) is 4.11. The molecule has 0 radical (unpaired) electrons. The fourth-order valence-electron chi connectivity index (χ4n) is 0.941. The van der Waals surface area contributed by atoms with Gasteiger partial charge >= 0.3 is 0 Å². The normalized spacial score (nSPS) is 10.1. The van der Waals surface area contributed by atoms with E-state index in [9.17, 15) is 4.79 Å². The van der Waals surface area contributed by atoms with Gasteiger partial charge in [0.1, 0.15) is 0 Å². The van der Waals surface area contributed by atoms with Gasteiger partial charge in [0.25, 0.3) is 0 Å². The van der Waals surface area contributed by atoms with Gasteiger partial charge in [-0.05, 0) is 25.1 Å². The van der Waals surface area contributed by atoms with Crippen LogP contribution in [0.5, 0.6) is 0 Å². The summed E-state index contributed by atoms with van der Waals surface area (Å²) in [5.41, 5.74) is 0. The summed E-state index contributed by atoms with van der Waals surface area (Å²) in [7, 11) is 0. The van der Waals surface area contributed by atoms with Gasteiger partial charge in [0, 0.05) is 11.4 Å². The number of thiophene rings is 1. The number of carbonyl (C=O) groups is 1. The molecule has 2 nitrogen and oxygen atoms in total. The van der Waals surface area contributed by atoms with Crippen LogP contribution >= 0.6 is 11.3 Å². The Bertz CT molecular complexity index is 244. The minimum absolute atomic E-state index is 0.809. The van der Waals surface area contributed by atoms with E-state index in [-0.39, 0.29) is 0 Å². The van der Waals surface area contributed by atoms with Gasteiger partial charge in [-0.3, -0.25) is 4.79 Å². The molecule has 1 N–H and O–H groups in total. The first-order valence-corrected chi connectivity index (χ1v) is 4.93. The van der Waals surface area contributed by atoms with Crippen LogP contribution in [-0.4, -0.2) is 12.8 Å². The lowest BCUT2D eigenvalue weighted by Crippen LogP contribution is -2.12. The van der Waals surface area contributed by atoms with Gasteiger partial charge in [-0.25, -0.2) is 0 Å². The third-order valence-corrected chi connectivity index (χ3v) is 2.54. The lowest BCUT2D eigenvalue weighted by atomic mass is 10.4. The first-order chi connectivity index (χ1) is 5.86. The van der Waals surface area contributed by atoms with E-state index in [2.05, 4.69) is 12.2 Å². The number of rotatable bonds is 5. The van der Waals surface area contributed by atoms with Gasteiger partial charge in [-0.1, -0.05) is 6.92 Å². The summed E-state index contributed by atoms with van der Waals surface area (Å²) in [6.45, 7) is 4.05. The summed E-state index contributed by atoms with van der Waals surface area (Å²) in [5.74, 6) is 0. The molecule has 0 amide bonds. The molecule has 0 spiro atoms. The molecule has 0 aromatic carbocycles. The maximum Gasteiger partial charge on any atom is 0.160 e. The number of aldehydes is 1. The van der Waals surface area contributed by atoms with Crippen LogP contribution in [0, 0.1) is 0 Å². The smallest absolute Gasteiger partial charge is 0.160 e. The van der Waals surface area contributed by atoms with E-state index >= 15 is 0 Å². The standard InChI is InChI=1S/C9H13NOS/c1-2-5-10-6-8-3-4-9(7-11)12-8/h3-4,7,10H,2,5-6H2,1H3. The van der Waals surface area contributed by atoms with Crippen molar-refractivity contribution in [1.82, 2.24) is 5.32 Å². The van der Waals surface area contributed by atoms with Crippen LogP contribution < -0.4 is 5.32 Å². The molecule has 0 bridgehead atoms. The fourth-order valence-corrected chi connectivity index (χ4v) is 1.74. The average Bonchev–Trinajstić information content (AvgIpc) is 2.53. The van der Waals surface area contributed by atoms with Crippen LogP contribution in [0.15, 0.2) is 12.1 Å². The molecule has 1 heterocycles. The van der Waals surface area contributed by atoms with Gasteiger partial charge in [-0.2, -0.15) is 0 Å². The second-order valence-electron chi connectivity index (χ2n) is 2.60. The van der Waals surface area contributed by atoms with E-state index < -0.39 is 0 Å². The van der Waals surface area contributed by atoms with Gasteiger partial charge in [0.15, 0.2) is 6.29 Å². The van der Waals surface area contributed by atoms with Crippen LogP contribution in [-0.2, 0) is 6.54 Å². The maximum atomic E-state index is 10.3. The van der Waals surface area contributed by atoms with E-state index in [1.165, 1.54) is 4.88 Å². The van der Waals surface area contributed by atoms with Crippen LogP contribution in [0.3, 0.4) is 0 Å². The Hall–Kier alpha value is -0.670. The molecule has 0 fully saturated rings. The van der Waals surface area contributed by atoms with E-state index in [1.807, 2.05) is 12.1 Å². The molecule has 12 heavy (non-hydrogen) atoms. The zero-order valence-corrected chi connectivity index (χ0v) is 7.99. The molecule has 3 heteroatoms. The van der Waals surface area contributed by atoms with E-state index in [0.29, 0.717) is 0 Å². The summed E-state index contributed by atoms with van der Waals surface area (Å²) in [6, 6.07) is 3.86. The van der Waals surface area contributed by atoms with Crippen LogP contribution in [0.4, 0.5) is 0 Å². The van der Waals surface area contributed by atoms with Crippen molar-refractivity contribution in [2.24, 2.45) is 0 Å². The molecule has 0 saturated heterocycles. The third kappa shape index (κ3) is 2.75. The second-order valence-corrected chi connectivity index (χ2v) is 3.80. The highest BCUT2D eigenvalue weighted by Crippen LogP contribution is 2.13. The van der Waals surface area contributed by atoms with Gasteiger partial charge < -0.3 is 5.32 Å². The van der Waals surface area contributed by atoms with Crippen molar-refractivity contribution in [3.8, 4) is 0 Å². The highest BCUT2D eigenvalue weighted by Gasteiger charge is 1.97. The molecule has 1 aromatic rings. The largest absolute Gasteiger partial charge is 0.312 e. The highest BCUT2D eigenvalue weighted by molar-refractivity contribution is 7.13. The quantitative estimate of drug-likeness (QED) is 0.559. The fraction of sp³-hybridized carbons (Fsp3) is 0.444. The van der Waals surface area contributed by atoms with Crippen molar-refractivity contribution in [2.45, 2.75) is 19.9 Å². The van der Waals surface area contributed by atoms with Crippen LogP contribution in [0.25, 0.3) is 0 Å². The van der Waals surface area contributed by atoms with Crippen LogP contribution in [0.2, 0.25) is 0 Å². The van der Waals surface area contributed by atoms with Crippen molar-refractivity contribution in [3.63, 3.8) is 0 Å². The number of carbonyl (C=O) groups excluding carboxylic acids is 1. The Kier molecular flexibility index (Phi) is 3.97. The average molecular weight is 183 g/mol. The molecule has 0 atom stereocenters. The first kappa shape index (κ1) is 9.42. The Morgan fingerprint density at radius 1 is 1.58 bits per heavy atom. The predicted molar refractivity (Wildman–Crippen MR) is 51.7 cm³/mol. The minimum Gasteiger partial charge on any atom is -0.312 e. The van der Waals surface area contributed by atoms with Crippen molar-refractivity contribution < 1.29 is 4.79 Å². The number of nitrogens with one attached hydrogen (secondary N) is 1. The lowest BCUT2D eigenvalue weighted by Gasteiger charge is -1.98. The van der Waals surface area contributed by atoms with Crippen molar-refractivity contribution in [3.05, 3.63) is 21.9 Å². The molecule has 0 aliphatic rings. The maximum absolute atomic E-state index is 10.3. The van der Waals surface area contributed by atoms with E-state index in [1.54, 1.807) is 11.3 Å². The van der Waals surface area contributed by atoms with Crippen molar-refractivity contribution in [2.75, 3.05) is 6.54 Å². The Labute approximate surface area is 76.6 Å². The van der Waals surface area contributed by atoms with Crippen molar-refractivity contribution >= 4 is 17.6 Å². The van der Waals surface area contributed by atoms with Gasteiger partial charge in [-0.15, -0.1) is 11.3 Å². The minimum atomic E-state index is 0.809. The zero-order valence-electron chi connectivity index (χ0n) is 7.17. The summed E-state index contributed by atoms with van der Waals surface area (Å²) >= 11 is 1.55. The van der Waals surface area contributed by atoms with Gasteiger partial charge in [0.05, 0.1) is 4.88 Å². The number of hydrogen-bond acceptors (Lipinski definition) is 3. The van der Waals surface area contributed by atoms with E-state index in [0.717, 1.165) is 30.7 Å². The Balaban J connectivity index is 2.36. The highest BCUT2D eigenvalue weighted by atomic mass is 32.1. The SMILES string of the molecule is CCCNCc1ccc(C=O)s1. The monoisotopic (exact) mass is 183 g/mol. The van der Waals surface area contributed by atoms with Crippen LogP contribution in [0.1, 0.15) is 27.9 Å². The zero-order chi connectivity index (χ0) is 8.81.